The number of amides is 1. The van der Waals surface area contributed by atoms with Gasteiger partial charge in [0.25, 0.3) is 5.91 Å². The van der Waals surface area contributed by atoms with E-state index >= 15 is 0 Å². The molecule has 2 aromatic rings. The minimum absolute atomic E-state index is 0.142. The van der Waals surface area contributed by atoms with E-state index in [1.54, 1.807) is 6.07 Å². The SMILES string of the molecule is Cc1nnc(CNC(=O)c2ccc3c(c2)OC(C)(C)C3)n1C. The van der Waals surface area contributed by atoms with Crippen LogP contribution in [0.25, 0.3) is 0 Å². The Hall–Kier alpha value is -2.37. The molecule has 0 fully saturated rings. The molecule has 0 unspecified atom stereocenters. The zero-order valence-electron chi connectivity index (χ0n) is 13.3. The molecule has 22 heavy (non-hydrogen) atoms. The predicted octanol–water partition coefficient (Wildman–Crippen LogP) is 1.77. The molecule has 1 aromatic carbocycles. The summed E-state index contributed by atoms with van der Waals surface area (Å²) in [6.45, 7) is 6.31. The summed E-state index contributed by atoms with van der Waals surface area (Å²) in [6, 6.07) is 5.60. The molecule has 0 radical (unpaired) electrons. The van der Waals surface area contributed by atoms with Gasteiger partial charge in [-0.05, 0) is 38.5 Å². The molecule has 6 heteroatoms. The second kappa shape index (κ2) is 5.12. The summed E-state index contributed by atoms with van der Waals surface area (Å²) in [5.41, 5.74) is 1.54. The van der Waals surface area contributed by atoms with Crippen LogP contribution < -0.4 is 10.1 Å². The van der Waals surface area contributed by atoms with Crippen LogP contribution in [0.3, 0.4) is 0 Å². The van der Waals surface area contributed by atoms with Gasteiger partial charge in [0.05, 0.1) is 6.54 Å². The number of nitrogens with zero attached hydrogens (tertiary/aromatic N) is 3. The van der Waals surface area contributed by atoms with Crippen LogP contribution in [-0.4, -0.2) is 26.3 Å². The number of aromatic nitrogens is 3. The Kier molecular flexibility index (Phi) is 3.39. The molecule has 6 nitrogen and oxygen atoms in total. The molecule has 1 aromatic heterocycles. The summed E-state index contributed by atoms with van der Waals surface area (Å²) in [5.74, 6) is 2.20. The van der Waals surface area contributed by atoms with Gasteiger partial charge in [-0.25, -0.2) is 0 Å². The van der Waals surface area contributed by atoms with E-state index in [0.29, 0.717) is 12.1 Å². The van der Waals surface area contributed by atoms with Crippen LogP contribution in [0, 0.1) is 6.92 Å². The van der Waals surface area contributed by atoms with Gasteiger partial charge in [0.2, 0.25) is 0 Å². The van der Waals surface area contributed by atoms with Crippen molar-refractivity contribution in [2.45, 2.75) is 39.3 Å². The van der Waals surface area contributed by atoms with Gasteiger partial charge in [-0.3, -0.25) is 4.79 Å². The molecule has 116 valence electrons. The van der Waals surface area contributed by atoms with Gasteiger partial charge < -0.3 is 14.6 Å². The first kappa shape index (κ1) is 14.6. The Labute approximate surface area is 129 Å². The first-order valence-corrected chi connectivity index (χ1v) is 7.31. The lowest BCUT2D eigenvalue weighted by molar-refractivity contribution is 0.0947. The van der Waals surface area contributed by atoms with E-state index in [1.807, 2.05) is 44.5 Å². The number of fused-ring (bicyclic) bond motifs is 1. The lowest BCUT2D eigenvalue weighted by Gasteiger charge is -2.16. The highest BCUT2D eigenvalue weighted by Gasteiger charge is 2.30. The second-order valence-corrected chi connectivity index (χ2v) is 6.27. The van der Waals surface area contributed by atoms with Gasteiger partial charge in [0.1, 0.15) is 17.2 Å². The van der Waals surface area contributed by atoms with E-state index in [2.05, 4.69) is 15.5 Å². The molecule has 1 N–H and O–H groups in total. The Morgan fingerprint density at radius 3 is 2.86 bits per heavy atom. The molecule has 0 saturated heterocycles. The van der Waals surface area contributed by atoms with Crippen molar-refractivity contribution in [1.29, 1.82) is 0 Å². The Morgan fingerprint density at radius 2 is 2.18 bits per heavy atom. The quantitative estimate of drug-likeness (QED) is 0.938. The molecule has 0 bridgehead atoms. The first-order valence-electron chi connectivity index (χ1n) is 7.31. The zero-order valence-corrected chi connectivity index (χ0v) is 13.3. The fraction of sp³-hybridized carbons (Fsp3) is 0.438. The minimum atomic E-state index is -0.201. The van der Waals surface area contributed by atoms with E-state index < -0.39 is 0 Å². The van der Waals surface area contributed by atoms with Crippen LogP contribution in [0.4, 0.5) is 0 Å². The maximum atomic E-state index is 12.3. The fourth-order valence-electron chi connectivity index (χ4n) is 2.60. The maximum absolute atomic E-state index is 12.3. The van der Waals surface area contributed by atoms with E-state index in [0.717, 1.165) is 29.4 Å². The standard InChI is InChI=1S/C16H20N4O2/c1-10-18-19-14(20(10)4)9-17-15(21)11-5-6-12-8-16(2,3)22-13(12)7-11/h5-7H,8-9H2,1-4H3,(H,17,21). The Morgan fingerprint density at radius 1 is 1.41 bits per heavy atom. The third-order valence-electron chi connectivity index (χ3n) is 3.92. The van der Waals surface area contributed by atoms with Crippen molar-refractivity contribution in [2.75, 3.05) is 0 Å². The minimum Gasteiger partial charge on any atom is -0.487 e. The number of ether oxygens (including phenoxy) is 1. The van der Waals surface area contributed by atoms with Gasteiger partial charge in [-0.2, -0.15) is 0 Å². The molecule has 1 aliphatic rings. The van der Waals surface area contributed by atoms with Gasteiger partial charge in [0.15, 0.2) is 5.82 Å². The molecule has 3 rings (SSSR count). The number of carbonyl (C=O) groups is 1. The number of aryl methyl sites for hydroxylation is 1. The van der Waals surface area contributed by atoms with Crippen molar-refractivity contribution in [3.63, 3.8) is 0 Å². The van der Waals surface area contributed by atoms with Crippen molar-refractivity contribution in [3.8, 4) is 5.75 Å². The van der Waals surface area contributed by atoms with Crippen LogP contribution in [0.5, 0.6) is 5.75 Å². The average molecular weight is 300 g/mol. The lowest BCUT2D eigenvalue weighted by atomic mass is 10.0. The predicted molar refractivity (Wildman–Crippen MR) is 81.8 cm³/mol. The van der Waals surface area contributed by atoms with E-state index in [9.17, 15) is 4.79 Å². The summed E-state index contributed by atoms with van der Waals surface area (Å²) >= 11 is 0. The number of hydrogen-bond donors (Lipinski definition) is 1. The molecular formula is C16H20N4O2. The van der Waals surface area contributed by atoms with Crippen LogP contribution in [0.1, 0.15) is 41.4 Å². The summed E-state index contributed by atoms with van der Waals surface area (Å²) in [5, 5.41) is 10.9. The second-order valence-electron chi connectivity index (χ2n) is 6.27. The summed E-state index contributed by atoms with van der Waals surface area (Å²) in [6.07, 6.45) is 0.864. The molecule has 0 atom stereocenters. The van der Waals surface area contributed by atoms with Crippen molar-refractivity contribution in [1.82, 2.24) is 20.1 Å². The van der Waals surface area contributed by atoms with Gasteiger partial charge in [-0.1, -0.05) is 6.07 Å². The van der Waals surface area contributed by atoms with E-state index in [4.69, 9.17) is 4.74 Å². The fourth-order valence-corrected chi connectivity index (χ4v) is 2.60. The summed E-state index contributed by atoms with van der Waals surface area (Å²) in [7, 11) is 1.88. The molecular weight excluding hydrogens is 280 g/mol. The molecule has 1 amide bonds. The smallest absolute Gasteiger partial charge is 0.251 e. The molecule has 0 aliphatic carbocycles. The van der Waals surface area contributed by atoms with Gasteiger partial charge in [-0.15, -0.1) is 10.2 Å². The normalized spacial score (nSPS) is 15.3. The largest absolute Gasteiger partial charge is 0.487 e. The highest BCUT2D eigenvalue weighted by molar-refractivity contribution is 5.94. The number of rotatable bonds is 3. The zero-order chi connectivity index (χ0) is 15.9. The van der Waals surface area contributed by atoms with Crippen molar-refractivity contribution in [3.05, 3.63) is 41.0 Å². The number of benzene rings is 1. The lowest BCUT2D eigenvalue weighted by Crippen LogP contribution is -2.25. The highest BCUT2D eigenvalue weighted by Crippen LogP contribution is 2.35. The van der Waals surface area contributed by atoms with Crippen LogP contribution in [0.15, 0.2) is 18.2 Å². The Bertz CT molecular complexity index is 734. The number of carbonyl (C=O) groups excluding carboxylic acids is 1. The molecule has 2 heterocycles. The molecule has 1 aliphatic heterocycles. The number of hydrogen-bond acceptors (Lipinski definition) is 4. The average Bonchev–Trinajstić information content (AvgIpc) is 2.94. The van der Waals surface area contributed by atoms with Crippen LogP contribution >= 0.6 is 0 Å². The first-order chi connectivity index (χ1) is 10.4. The Balaban J connectivity index is 1.70. The highest BCUT2D eigenvalue weighted by atomic mass is 16.5. The maximum Gasteiger partial charge on any atom is 0.251 e. The van der Waals surface area contributed by atoms with Crippen LogP contribution in [-0.2, 0) is 20.0 Å². The van der Waals surface area contributed by atoms with E-state index in [-0.39, 0.29) is 11.5 Å². The molecule has 0 saturated carbocycles. The van der Waals surface area contributed by atoms with Crippen molar-refractivity contribution < 1.29 is 9.53 Å². The van der Waals surface area contributed by atoms with Crippen molar-refractivity contribution in [2.24, 2.45) is 7.05 Å². The topological polar surface area (TPSA) is 69.0 Å². The molecule has 0 spiro atoms. The van der Waals surface area contributed by atoms with Crippen LogP contribution in [0.2, 0.25) is 0 Å². The monoisotopic (exact) mass is 300 g/mol. The summed E-state index contributed by atoms with van der Waals surface area (Å²) < 4.78 is 7.72. The van der Waals surface area contributed by atoms with Gasteiger partial charge >= 0.3 is 0 Å². The summed E-state index contributed by atoms with van der Waals surface area (Å²) in [4.78, 5) is 12.3. The van der Waals surface area contributed by atoms with E-state index in [1.165, 1.54) is 0 Å². The van der Waals surface area contributed by atoms with Gasteiger partial charge in [0, 0.05) is 19.0 Å². The third-order valence-corrected chi connectivity index (χ3v) is 3.92. The third kappa shape index (κ3) is 2.68. The van der Waals surface area contributed by atoms with Crippen molar-refractivity contribution >= 4 is 5.91 Å². The number of nitrogens with one attached hydrogen (secondary N) is 1.